The number of nitrogens with zero attached hydrogens (tertiary/aromatic N) is 2. The largest absolute Gasteiger partial charge is 0.460 e. The molecule has 1 aliphatic carbocycles. The summed E-state index contributed by atoms with van der Waals surface area (Å²) >= 11 is 6.47. The summed E-state index contributed by atoms with van der Waals surface area (Å²) in [5.41, 5.74) is 3.11. The van der Waals surface area contributed by atoms with Gasteiger partial charge in [-0.25, -0.2) is 9.86 Å². The van der Waals surface area contributed by atoms with E-state index in [4.69, 9.17) is 40.1 Å². The van der Waals surface area contributed by atoms with Gasteiger partial charge < -0.3 is 43.9 Å². The molecule has 3 aliphatic heterocycles. The van der Waals surface area contributed by atoms with Gasteiger partial charge in [0.15, 0.2) is 5.78 Å². The van der Waals surface area contributed by atoms with Crippen LogP contribution in [0.1, 0.15) is 144 Å². The SMILES string of the molecule is CC/C=C(\C)[C@@H](O)[C@@H](OC)C(=O)[C@H](C)C[C@H](C)C1C=CC(/C=C(\C)[C@H](C[C@@H]2CC[C@@H](C)[C@](O)(C(=O)C(=O)N3CCCC[C@H]3C(=O)O[C@@H](CC(C)=O)[C@H](C)C[C@@H]3CC[C@@H](O)[C@H](OC)C3)O2)OC)ON1c1ccc(Cl)c(C)c1. The highest BCUT2D eigenvalue weighted by Gasteiger charge is 2.53. The lowest BCUT2D eigenvalue weighted by molar-refractivity contribution is -0.265. The molecular weight excluding hydrogens is 996 g/mol. The van der Waals surface area contributed by atoms with Gasteiger partial charge in [0.05, 0.1) is 36.1 Å². The van der Waals surface area contributed by atoms with Crippen LogP contribution in [0.3, 0.4) is 0 Å². The van der Waals surface area contributed by atoms with Crippen molar-refractivity contribution in [2.75, 3.05) is 32.9 Å². The van der Waals surface area contributed by atoms with Gasteiger partial charge in [0.2, 0.25) is 5.79 Å². The molecule has 16 atom stereocenters. The van der Waals surface area contributed by atoms with Crippen molar-refractivity contribution in [2.24, 2.45) is 29.6 Å². The summed E-state index contributed by atoms with van der Waals surface area (Å²) < 4.78 is 29.4. The van der Waals surface area contributed by atoms with Crippen LogP contribution in [0.25, 0.3) is 0 Å². The predicted octanol–water partition coefficient (Wildman–Crippen LogP) is 8.56. The van der Waals surface area contributed by atoms with E-state index in [2.05, 4.69) is 13.0 Å². The highest BCUT2D eigenvalue weighted by Crippen LogP contribution is 2.39. The fourth-order valence-electron chi connectivity index (χ4n) is 11.7. The molecule has 3 heterocycles. The van der Waals surface area contributed by atoms with Crippen molar-refractivity contribution in [3.05, 3.63) is 64.2 Å². The number of aliphatic hydroxyl groups is 3. The molecule has 0 spiro atoms. The normalized spacial score (nSPS) is 29.4. The highest BCUT2D eigenvalue weighted by atomic mass is 35.5. The second kappa shape index (κ2) is 28.9. The van der Waals surface area contributed by atoms with Gasteiger partial charge in [-0.1, -0.05) is 64.4 Å². The van der Waals surface area contributed by atoms with Crippen LogP contribution >= 0.6 is 11.6 Å². The van der Waals surface area contributed by atoms with Crippen LogP contribution in [-0.2, 0) is 52.5 Å². The number of hydrogen-bond acceptors (Lipinski definition) is 15. The third-order valence-corrected chi connectivity index (χ3v) is 16.9. The first kappa shape index (κ1) is 63.0. The molecule has 5 rings (SSSR count). The van der Waals surface area contributed by atoms with Gasteiger partial charge in [0.25, 0.3) is 11.7 Å². The number of likely N-dealkylation sites (tertiary alicyclic amines) is 1. The number of ether oxygens (including phenoxy) is 5. The van der Waals surface area contributed by atoms with Crippen LogP contribution in [0.2, 0.25) is 5.02 Å². The fraction of sp³-hybridized carbons (Fsp3) is 0.712. The second-order valence-electron chi connectivity index (χ2n) is 22.4. The molecule has 2 saturated heterocycles. The van der Waals surface area contributed by atoms with E-state index in [1.165, 1.54) is 18.9 Å². The summed E-state index contributed by atoms with van der Waals surface area (Å²) in [4.78, 5) is 76.8. The minimum atomic E-state index is -2.48. The first-order valence-electron chi connectivity index (χ1n) is 27.7. The van der Waals surface area contributed by atoms with E-state index < -0.39 is 84.1 Å². The lowest BCUT2D eigenvalue weighted by Gasteiger charge is -2.43. The van der Waals surface area contributed by atoms with E-state index in [9.17, 15) is 39.3 Å². The van der Waals surface area contributed by atoms with E-state index in [-0.39, 0.29) is 67.3 Å². The summed E-state index contributed by atoms with van der Waals surface area (Å²) in [5, 5.41) is 35.9. The molecule has 4 aliphatic rings. The Bertz CT molecular complexity index is 2230. The van der Waals surface area contributed by atoms with E-state index in [0.29, 0.717) is 62.0 Å². The van der Waals surface area contributed by atoms with Crippen LogP contribution in [0.15, 0.2) is 53.6 Å². The van der Waals surface area contributed by atoms with Crippen molar-refractivity contribution in [2.45, 2.75) is 212 Å². The molecule has 76 heavy (non-hydrogen) atoms. The second-order valence-corrected chi connectivity index (χ2v) is 22.8. The molecule has 1 amide bonds. The molecule has 0 radical (unpaired) electrons. The third-order valence-electron chi connectivity index (χ3n) is 16.5. The van der Waals surface area contributed by atoms with E-state index in [0.717, 1.165) is 29.7 Å². The number of Topliss-reactive ketones (excluding diaryl/α,β-unsaturated/α-hetero) is 3. The number of carbonyl (C=O) groups excluding carboxylic acids is 5. The van der Waals surface area contributed by atoms with Gasteiger partial charge >= 0.3 is 5.97 Å². The summed E-state index contributed by atoms with van der Waals surface area (Å²) in [6.07, 6.45) is 8.79. The molecule has 1 saturated carbocycles. The lowest BCUT2D eigenvalue weighted by Crippen LogP contribution is -2.61. The van der Waals surface area contributed by atoms with Crippen molar-refractivity contribution in [3.63, 3.8) is 0 Å². The van der Waals surface area contributed by atoms with Crippen LogP contribution in [0.4, 0.5) is 5.69 Å². The van der Waals surface area contributed by atoms with E-state index in [1.54, 1.807) is 28.1 Å². The topological polar surface area (TPSA) is 208 Å². The summed E-state index contributed by atoms with van der Waals surface area (Å²) in [6, 6.07) is 4.27. The minimum absolute atomic E-state index is 0.00399. The zero-order valence-electron chi connectivity index (χ0n) is 47.2. The summed E-state index contributed by atoms with van der Waals surface area (Å²) in [5.74, 6) is -6.98. The first-order chi connectivity index (χ1) is 36.0. The maximum absolute atomic E-state index is 14.3. The van der Waals surface area contributed by atoms with Crippen LogP contribution < -0.4 is 5.06 Å². The standard InChI is InChI=1S/C59H89ClN2O14/c1-13-16-34(2)53(65)55(73-12)54(66)39(7)27-36(4)47-24-22-45(76-62(47)43-20-23-46(60)35(3)29-43)30-38(6)50(71-10)33-44-21-18-40(8)59(70,75-44)56(67)57(68)61-26-15-14-17-48(61)58(69)74-51(31-41(9)63)37(5)28-42-19-25-49(64)52(32-42)72-11/h16,20,22-24,29-30,36-37,39-40,42,44-45,47-53,55,64-65,70H,13-15,17-19,21,25-28,31-33H2,1-12H3/b34-16+,38-30+/t36-,37+,39+,40+,42-,44-,45?,47?,48-,49+,50-,51-,52+,53+,55+,59+/m0/s1. The molecule has 426 valence electrons. The number of aryl methyl sites for hydroxylation is 1. The number of piperidine rings is 1. The van der Waals surface area contributed by atoms with Crippen molar-refractivity contribution in [1.82, 2.24) is 4.90 Å². The predicted molar refractivity (Wildman–Crippen MR) is 290 cm³/mol. The molecule has 3 N–H and O–H groups in total. The number of carbonyl (C=O) groups is 5. The highest BCUT2D eigenvalue weighted by molar-refractivity contribution is 6.39. The van der Waals surface area contributed by atoms with Gasteiger partial charge in [0, 0.05) is 57.6 Å². The molecule has 0 aromatic heterocycles. The van der Waals surface area contributed by atoms with Gasteiger partial charge in [-0.05, 0) is 157 Å². The zero-order chi connectivity index (χ0) is 56.2. The maximum Gasteiger partial charge on any atom is 0.329 e. The molecule has 2 unspecified atom stereocenters. The number of methoxy groups -OCH3 is 3. The quantitative estimate of drug-likeness (QED) is 0.0476. The molecule has 17 heteroatoms. The Morgan fingerprint density at radius 3 is 2.32 bits per heavy atom. The van der Waals surface area contributed by atoms with Crippen LogP contribution in [0, 0.1) is 36.5 Å². The van der Waals surface area contributed by atoms with Crippen molar-refractivity contribution >= 4 is 46.5 Å². The Morgan fingerprint density at radius 2 is 1.67 bits per heavy atom. The fourth-order valence-corrected chi connectivity index (χ4v) is 11.8. The average molecular weight is 1090 g/mol. The number of esters is 1. The number of hydrogen-bond donors (Lipinski definition) is 3. The Hall–Kier alpha value is -3.84. The average Bonchev–Trinajstić information content (AvgIpc) is 3.39. The smallest absolute Gasteiger partial charge is 0.329 e. The first-order valence-corrected chi connectivity index (χ1v) is 28.0. The number of allylic oxidation sites excluding steroid dienone is 1. The molecule has 0 bridgehead atoms. The molecule has 16 nitrogen and oxygen atoms in total. The molecule has 1 aromatic carbocycles. The molecule has 1 aromatic rings. The van der Waals surface area contributed by atoms with Gasteiger partial charge in [0.1, 0.15) is 36.2 Å². The number of rotatable bonds is 25. The summed E-state index contributed by atoms with van der Waals surface area (Å²) in [6.45, 7) is 16.7. The van der Waals surface area contributed by atoms with Crippen molar-refractivity contribution < 1.29 is 67.8 Å². The van der Waals surface area contributed by atoms with Crippen LogP contribution in [-0.4, -0.2) is 144 Å². The van der Waals surface area contributed by atoms with E-state index in [1.807, 2.05) is 76.1 Å². The Balaban J connectivity index is 1.28. The summed E-state index contributed by atoms with van der Waals surface area (Å²) in [7, 11) is 4.59. The lowest BCUT2D eigenvalue weighted by atomic mass is 9.79. The number of anilines is 1. The minimum Gasteiger partial charge on any atom is -0.460 e. The van der Waals surface area contributed by atoms with Gasteiger partial charge in [-0.15, -0.1) is 0 Å². The number of halogens is 1. The molecule has 3 fully saturated rings. The number of ketones is 3. The Morgan fingerprint density at radius 1 is 0.947 bits per heavy atom. The Kier molecular flexibility index (Phi) is 23.9. The zero-order valence-corrected chi connectivity index (χ0v) is 48.0. The van der Waals surface area contributed by atoms with Crippen molar-refractivity contribution in [1.29, 1.82) is 0 Å². The van der Waals surface area contributed by atoms with Gasteiger partial charge in [-0.3, -0.25) is 24.0 Å². The molecular formula is C59H89ClN2O14. The van der Waals surface area contributed by atoms with Crippen LogP contribution in [0.5, 0.6) is 0 Å². The Labute approximate surface area is 456 Å². The van der Waals surface area contributed by atoms with Gasteiger partial charge in [-0.2, -0.15) is 0 Å². The van der Waals surface area contributed by atoms with Crippen molar-refractivity contribution in [3.8, 4) is 0 Å². The number of hydroxylamine groups is 1. The van der Waals surface area contributed by atoms with E-state index >= 15 is 0 Å². The number of aliphatic hydroxyl groups excluding tert-OH is 2. The third kappa shape index (κ3) is 15.9. The number of benzene rings is 1. The monoisotopic (exact) mass is 1080 g/mol. The maximum atomic E-state index is 14.3. The number of amides is 1.